The van der Waals surface area contributed by atoms with Crippen LogP contribution in [0.1, 0.15) is 47.2 Å². The zero-order chi connectivity index (χ0) is 19.9. The van der Waals surface area contributed by atoms with Crippen LogP contribution in [0.5, 0.6) is 11.5 Å². The monoisotopic (exact) mass is 382 g/mol. The van der Waals surface area contributed by atoms with E-state index in [0.29, 0.717) is 36.1 Å². The van der Waals surface area contributed by atoms with Gasteiger partial charge in [-0.2, -0.15) is 0 Å². The molecule has 0 aromatic heterocycles. The summed E-state index contributed by atoms with van der Waals surface area (Å²) in [5, 5.41) is 3.44. The van der Waals surface area contributed by atoms with Crippen molar-refractivity contribution in [2.24, 2.45) is 0 Å². The zero-order valence-electron chi connectivity index (χ0n) is 17.0. The van der Waals surface area contributed by atoms with Crippen molar-refractivity contribution in [1.82, 2.24) is 10.2 Å². The van der Waals surface area contributed by atoms with Crippen LogP contribution in [-0.4, -0.2) is 44.7 Å². The maximum Gasteiger partial charge on any atom is 0.253 e. The SMILES string of the molecule is CCOc1c(CN(C)C(=O)c2ccc([C@@H]3CCCNC3)cc2)cccc1OC. The van der Waals surface area contributed by atoms with Crippen LogP contribution < -0.4 is 14.8 Å². The number of amides is 1. The highest BCUT2D eigenvalue weighted by atomic mass is 16.5. The standard InChI is InChI=1S/C23H30N2O3/c1-4-28-22-20(7-5-9-21(22)27-3)16-25(2)23(26)18-12-10-17(11-13-18)19-8-6-14-24-15-19/h5,7,9-13,19,24H,4,6,8,14-16H2,1-3H3/t19-/m1/s1. The number of nitrogens with zero attached hydrogens (tertiary/aromatic N) is 1. The molecule has 0 unspecified atom stereocenters. The van der Waals surface area contributed by atoms with Crippen molar-refractivity contribution in [2.45, 2.75) is 32.2 Å². The lowest BCUT2D eigenvalue weighted by molar-refractivity contribution is 0.0783. The van der Waals surface area contributed by atoms with Gasteiger partial charge in [0.05, 0.1) is 13.7 Å². The number of benzene rings is 2. The van der Waals surface area contributed by atoms with Gasteiger partial charge in [0.15, 0.2) is 11.5 Å². The predicted molar refractivity (Wildman–Crippen MR) is 111 cm³/mol. The summed E-state index contributed by atoms with van der Waals surface area (Å²) in [4.78, 5) is 14.6. The maximum atomic E-state index is 12.9. The van der Waals surface area contributed by atoms with Gasteiger partial charge in [0.1, 0.15) is 0 Å². The number of hydrogen-bond donors (Lipinski definition) is 1. The third kappa shape index (κ3) is 4.65. The van der Waals surface area contributed by atoms with Crippen LogP contribution in [0.15, 0.2) is 42.5 Å². The van der Waals surface area contributed by atoms with Crippen molar-refractivity contribution < 1.29 is 14.3 Å². The second-order valence-corrected chi connectivity index (χ2v) is 7.21. The second-order valence-electron chi connectivity index (χ2n) is 7.21. The Balaban J connectivity index is 1.71. The topological polar surface area (TPSA) is 50.8 Å². The Labute approximate surface area is 167 Å². The number of nitrogens with one attached hydrogen (secondary N) is 1. The molecule has 1 atom stereocenters. The van der Waals surface area contributed by atoms with Crippen LogP contribution in [0.4, 0.5) is 0 Å². The minimum Gasteiger partial charge on any atom is -0.493 e. The number of carbonyl (C=O) groups excluding carboxylic acids is 1. The van der Waals surface area contributed by atoms with Crippen LogP contribution in [-0.2, 0) is 6.54 Å². The summed E-state index contributed by atoms with van der Waals surface area (Å²) in [6.07, 6.45) is 2.41. The third-order valence-electron chi connectivity index (χ3n) is 5.25. The van der Waals surface area contributed by atoms with E-state index in [9.17, 15) is 4.79 Å². The van der Waals surface area contributed by atoms with Crippen LogP contribution in [0.3, 0.4) is 0 Å². The van der Waals surface area contributed by atoms with E-state index < -0.39 is 0 Å². The lowest BCUT2D eigenvalue weighted by atomic mass is 9.91. The number of methoxy groups -OCH3 is 1. The molecule has 150 valence electrons. The first kappa shape index (κ1) is 20.2. The zero-order valence-corrected chi connectivity index (χ0v) is 17.0. The van der Waals surface area contributed by atoms with Gasteiger partial charge in [-0.25, -0.2) is 0 Å². The van der Waals surface area contributed by atoms with Crippen molar-refractivity contribution in [3.05, 3.63) is 59.2 Å². The first-order valence-corrected chi connectivity index (χ1v) is 9.98. The molecule has 0 radical (unpaired) electrons. The molecule has 2 aromatic rings. The van der Waals surface area contributed by atoms with E-state index in [2.05, 4.69) is 17.4 Å². The Hall–Kier alpha value is -2.53. The molecule has 2 aromatic carbocycles. The molecule has 1 amide bonds. The van der Waals surface area contributed by atoms with Gasteiger partial charge >= 0.3 is 0 Å². The summed E-state index contributed by atoms with van der Waals surface area (Å²) in [5.41, 5.74) is 2.94. The van der Waals surface area contributed by atoms with E-state index in [1.54, 1.807) is 12.0 Å². The lowest BCUT2D eigenvalue weighted by Crippen LogP contribution is -2.28. The molecule has 0 bridgehead atoms. The summed E-state index contributed by atoms with van der Waals surface area (Å²) in [6.45, 7) is 5.06. The van der Waals surface area contributed by atoms with Crippen LogP contribution in [0, 0.1) is 0 Å². The number of piperidine rings is 1. The fraction of sp³-hybridized carbons (Fsp3) is 0.435. The van der Waals surface area contributed by atoms with Crippen molar-refractivity contribution >= 4 is 5.91 Å². The molecule has 5 heteroatoms. The van der Waals surface area contributed by atoms with E-state index >= 15 is 0 Å². The Morgan fingerprint density at radius 2 is 2.00 bits per heavy atom. The largest absolute Gasteiger partial charge is 0.493 e. The molecule has 1 saturated heterocycles. The van der Waals surface area contributed by atoms with Crippen molar-refractivity contribution in [2.75, 3.05) is 33.9 Å². The van der Waals surface area contributed by atoms with E-state index in [0.717, 1.165) is 18.7 Å². The van der Waals surface area contributed by atoms with Gasteiger partial charge in [-0.15, -0.1) is 0 Å². The van der Waals surface area contributed by atoms with E-state index in [-0.39, 0.29) is 5.91 Å². The normalized spacial score (nSPS) is 16.5. The molecule has 28 heavy (non-hydrogen) atoms. The fourth-order valence-electron chi connectivity index (χ4n) is 3.74. The fourth-order valence-corrected chi connectivity index (χ4v) is 3.74. The van der Waals surface area contributed by atoms with Gasteiger partial charge in [-0.1, -0.05) is 24.3 Å². The predicted octanol–water partition coefficient (Wildman–Crippen LogP) is 3.83. The Kier molecular flexibility index (Phi) is 6.93. The van der Waals surface area contributed by atoms with Gasteiger partial charge < -0.3 is 19.7 Å². The number of ether oxygens (including phenoxy) is 2. The highest BCUT2D eigenvalue weighted by molar-refractivity contribution is 5.94. The van der Waals surface area contributed by atoms with Crippen LogP contribution in [0.25, 0.3) is 0 Å². The number of hydrogen-bond acceptors (Lipinski definition) is 4. The first-order valence-electron chi connectivity index (χ1n) is 9.98. The van der Waals surface area contributed by atoms with Crippen molar-refractivity contribution in [3.63, 3.8) is 0 Å². The minimum atomic E-state index is -0.00131. The smallest absolute Gasteiger partial charge is 0.253 e. The molecule has 1 aliphatic rings. The molecule has 5 nitrogen and oxygen atoms in total. The van der Waals surface area contributed by atoms with Gasteiger partial charge in [-0.3, -0.25) is 4.79 Å². The molecule has 1 aliphatic heterocycles. The average molecular weight is 383 g/mol. The van der Waals surface area contributed by atoms with Crippen molar-refractivity contribution in [1.29, 1.82) is 0 Å². The summed E-state index contributed by atoms with van der Waals surface area (Å²) in [5.74, 6) is 1.93. The minimum absolute atomic E-state index is 0.00131. The number of carbonyl (C=O) groups is 1. The van der Waals surface area contributed by atoms with Crippen LogP contribution in [0.2, 0.25) is 0 Å². The number of para-hydroxylation sites is 1. The summed E-state index contributed by atoms with van der Waals surface area (Å²) >= 11 is 0. The molecule has 1 heterocycles. The summed E-state index contributed by atoms with van der Waals surface area (Å²) in [7, 11) is 3.44. The highest BCUT2D eigenvalue weighted by Gasteiger charge is 2.18. The molecule has 1 N–H and O–H groups in total. The van der Waals surface area contributed by atoms with Gasteiger partial charge in [0, 0.05) is 31.3 Å². The molecule has 1 fully saturated rings. The number of rotatable bonds is 7. The molecular formula is C23H30N2O3. The molecule has 3 rings (SSSR count). The first-order chi connectivity index (χ1) is 13.6. The van der Waals surface area contributed by atoms with Crippen LogP contribution >= 0.6 is 0 Å². The highest BCUT2D eigenvalue weighted by Crippen LogP contribution is 2.32. The average Bonchev–Trinajstić information content (AvgIpc) is 2.75. The Bertz CT molecular complexity index is 783. The third-order valence-corrected chi connectivity index (χ3v) is 5.25. The van der Waals surface area contributed by atoms with E-state index in [4.69, 9.17) is 9.47 Å². The van der Waals surface area contributed by atoms with Gasteiger partial charge in [0.2, 0.25) is 0 Å². The second kappa shape index (κ2) is 9.60. The molecule has 0 saturated carbocycles. The lowest BCUT2D eigenvalue weighted by Gasteiger charge is -2.24. The molecular weight excluding hydrogens is 352 g/mol. The van der Waals surface area contributed by atoms with Crippen molar-refractivity contribution in [3.8, 4) is 11.5 Å². The summed E-state index contributed by atoms with van der Waals surface area (Å²) < 4.78 is 11.2. The quantitative estimate of drug-likeness (QED) is 0.791. The van der Waals surface area contributed by atoms with Gasteiger partial charge in [-0.05, 0) is 56.0 Å². The van der Waals surface area contributed by atoms with E-state index in [1.165, 1.54) is 18.4 Å². The molecule has 0 spiro atoms. The Morgan fingerprint density at radius 3 is 2.64 bits per heavy atom. The summed E-state index contributed by atoms with van der Waals surface area (Å²) in [6, 6.07) is 13.8. The maximum absolute atomic E-state index is 12.9. The Morgan fingerprint density at radius 1 is 1.21 bits per heavy atom. The molecule has 0 aliphatic carbocycles. The van der Waals surface area contributed by atoms with E-state index in [1.807, 2.05) is 44.3 Å². The van der Waals surface area contributed by atoms with Gasteiger partial charge in [0.25, 0.3) is 5.91 Å².